The van der Waals surface area contributed by atoms with Crippen molar-refractivity contribution in [1.82, 2.24) is 40.4 Å². The fraction of sp³-hybridized carbons (Fsp3) is 0.450. The molecule has 16 heteroatoms. The summed E-state index contributed by atoms with van der Waals surface area (Å²) in [7, 11) is 2.58. The number of ether oxygens (including phenoxy) is 2. The zero-order valence-electron chi connectivity index (χ0n) is 32.4. The summed E-state index contributed by atoms with van der Waals surface area (Å²) >= 11 is 3.44. The van der Waals surface area contributed by atoms with Crippen molar-refractivity contribution < 1.29 is 28.7 Å². The van der Waals surface area contributed by atoms with Crippen LogP contribution in [0.2, 0.25) is 0 Å². The molecule has 2 fully saturated rings. The Bertz CT molecular complexity index is 1970. The lowest BCUT2D eigenvalue weighted by Gasteiger charge is -2.30. The predicted molar refractivity (Wildman–Crippen MR) is 212 cm³/mol. The molecule has 4 atom stereocenters. The number of fused-ring (bicyclic) bond motifs is 2. The van der Waals surface area contributed by atoms with E-state index in [9.17, 15) is 19.2 Å². The van der Waals surface area contributed by atoms with E-state index < -0.39 is 24.3 Å². The van der Waals surface area contributed by atoms with Crippen molar-refractivity contribution in [3.8, 4) is 22.5 Å². The Morgan fingerprint density at radius 1 is 0.679 bits per heavy atom. The minimum atomic E-state index is -0.694. The van der Waals surface area contributed by atoms with Gasteiger partial charge in [-0.05, 0) is 61.8 Å². The molecule has 0 radical (unpaired) electrons. The lowest BCUT2D eigenvalue weighted by Crippen LogP contribution is -2.51. The van der Waals surface area contributed by atoms with Gasteiger partial charge >= 0.3 is 12.2 Å². The van der Waals surface area contributed by atoms with Gasteiger partial charge in [-0.15, -0.1) is 0 Å². The number of amides is 4. The molecule has 296 valence electrons. The molecule has 2 saturated heterocycles. The van der Waals surface area contributed by atoms with E-state index in [2.05, 4.69) is 57.0 Å². The van der Waals surface area contributed by atoms with E-state index in [1.54, 1.807) is 23.5 Å². The number of carbonyl (C=O) groups excluding carboxylic acids is 4. The number of benzene rings is 2. The second-order valence-corrected chi connectivity index (χ2v) is 17.2. The van der Waals surface area contributed by atoms with Gasteiger partial charge in [0.15, 0.2) is 0 Å². The van der Waals surface area contributed by atoms with E-state index in [1.165, 1.54) is 24.0 Å². The summed E-state index contributed by atoms with van der Waals surface area (Å²) in [6.07, 6.45) is 5.64. The van der Waals surface area contributed by atoms with Crippen LogP contribution < -0.4 is 10.6 Å². The Hall–Kier alpha value is -4.96. The molecular formula is C40H48N8O6S2. The summed E-state index contributed by atoms with van der Waals surface area (Å²) in [4.78, 5) is 75.9. The number of H-pyrrole nitrogens is 2. The van der Waals surface area contributed by atoms with Crippen LogP contribution in [0, 0.1) is 11.8 Å². The number of rotatable bonds is 10. The minimum absolute atomic E-state index is 0.110. The summed E-state index contributed by atoms with van der Waals surface area (Å²) in [6, 6.07) is 11.0. The summed E-state index contributed by atoms with van der Waals surface area (Å²) in [5.41, 5.74) is 3.72. The molecule has 4 aromatic rings. The van der Waals surface area contributed by atoms with Crippen LogP contribution in [0.1, 0.15) is 77.1 Å². The molecule has 3 aliphatic heterocycles. The first-order chi connectivity index (χ1) is 26.9. The van der Waals surface area contributed by atoms with Gasteiger partial charge in [0.05, 0.1) is 50.1 Å². The summed E-state index contributed by atoms with van der Waals surface area (Å²) in [5.74, 6) is 0.948. The average Bonchev–Trinajstić information content (AvgIpc) is 4.03. The first kappa shape index (κ1) is 39.3. The monoisotopic (exact) mass is 800 g/mol. The number of hydrogen-bond acceptors (Lipinski definition) is 10. The van der Waals surface area contributed by atoms with Crippen LogP contribution >= 0.6 is 23.5 Å². The Morgan fingerprint density at radius 3 is 1.48 bits per heavy atom. The number of aromatic nitrogens is 4. The molecule has 4 amide bonds. The maximum absolute atomic E-state index is 13.6. The maximum Gasteiger partial charge on any atom is 0.407 e. The molecule has 0 aliphatic carbocycles. The average molecular weight is 801 g/mol. The molecule has 4 N–H and O–H groups in total. The van der Waals surface area contributed by atoms with Gasteiger partial charge in [-0.2, -0.15) is 0 Å². The van der Waals surface area contributed by atoms with Gasteiger partial charge in [0.2, 0.25) is 11.8 Å². The molecule has 2 aromatic carbocycles. The predicted octanol–water partition coefficient (Wildman–Crippen LogP) is 7.17. The van der Waals surface area contributed by atoms with Gasteiger partial charge in [-0.1, -0.05) is 63.4 Å². The number of nitrogens with one attached hydrogen (secondary N) is 4. The van der Waals surface area contributed by atoms with E-state index in [0.29, 0.717) is 13.1 Å². The van der Waals surface area contributed by atoms with Crippen molar-refractivity contribution in [3.05, 3.63) is 60.4 Å². The third-order valence-corrected chi connectivity index (χ3v) is 13.2. The SMILES string of the molecule is COC(=O)N[C@H](C(=O)N1CCCC1c1ncc(-c2ccc3c(c2)Sc2cc(-c4cnc([C@@H]5CCCN5C(=O)[C@@H](NC(=O)OC)C(C)C)[nH]4)ccc2S3)[nH]1)C(C)C. The van der Waals surface area contributed by atoms with E-state index in [1.807, 2.05) is 49.9 Å². The zero-order valence-corrected chi connectivity index (χ0v) is 34.0. The molecule has 5 heterocycles. The van der Waals surface area contributed by atoms with Gasteiger partial charge < -0.3 is 39.9 Å². The highest BCUT2D eigenvalue weighted by Crippen LogP contribution is 2.50. The molecule has 7 rings (SSSR count). The van der Waals surface area contributed by atoms with Crippen LogP contribution in [0.15, 0.2) is 68.4 Å². The van der Waals surface area contributed by atoms with Crippen LogP contribution in [0.3, 0.4) is 0 Å². The number of likely N-dealkylation sites (tertiary alicyclic amines) is 2. The van der Waals surface area contributed by atoms with Crippen molar-refractivity contribution in [2.75, 3.05) is 27.3 Å². The van der Waals surface area contributed by atoms with Gasteiger partial charge in [0.1, 0.15) is 23.7 Å². The van der Waals surface area contributed by atoms with Gasteiger partial charge in [0.25, 0.3) is 0 Å². The number of imidazole rings is 2. The van der Waals surface area contributed by atoms with E-state index in [0.717, 1.165) is 69.6 Å². The molecule has 1 unspecified atom stereocenters. The topological polar surface area (TPSA) is 175 Å². The van der Waals surface area contributed by atoms with Crippen LogP contribution in [-0.4, -0.2) is 93.1 Å². The summed E-state index contributed by atoms with van der Waals surface area (Å²) in [5, 5.41) is 5.41. The van der Waals surface area contributed by atoms with Crippen molar-refractivity contribution in [1.29, 1.82) is 0 Å². The Kier molecular flexibility index (Phi) is 11.7. The van der Waals surface area contributed by atoms with Gasteiger partial charge in [0, 0.05) is 43.8 Å². The highest BCUT2D eigenvalue weighted by atomic mass is 32.2. The van der Waals surface area contributed by atoms with Crippen LogP contribution in [0.25, 0.3) is 22.5 Å². The minimum Gasteiger partial charge on any atom is -0.453 e. The summed E-state index contributed by atoms with van der Waals surface area (Å²) in [6.45, 7) is 8.80. The van der Waals surface area contributed by atoms with Gasteiger partial charge in [-0.3, -0.25) is 9.59 Å². The highest BCUT2D eigenvalue weighted by molar-refractivity contribution is 8.05. The molecule has 3 aliphatic rings. The van der Waals surface area contributed by atoms with Crippen molar-refractivity contribution in [2.24, 2.45) is 11.8 Å². The second-order valence-electron chi connectivity index (χ2n) is 15.0. The lowest BCUT2D eigenvalue weighted by atomic mass is 10.0. The molecule has 0 saturated carbocycles. The third-order valence-electron chi connectivity index (χ3n) is 10.6. The number of alkyl carbamates (subject to hydrolysis) is 2. The molecule has 0 bridgehead atoms. The molecule has 14 nitrogen and oxygen atoms in total. The molecule has 0 spiro atoms. The van der Waals surface area contributed by atoms with E-state index in [4.69, 9.17) is 19.4 Å². The lowest BCUT2D eigenvalue weighted by molar-refractivity contribution is -0.136. The number of aromatic amines is 2. The second kappa shape index (κ2) is 16.6. The molecule has 56 heavy (non-hydrogen) atoms. The fourth-order valence-electron chi connectivity index (χ4n) is 7.61. The number of nitrogens with zero attached hydrogens (tertiary/aromatic N) is 4. The van der Waals surface area contributed by atoms with Crippen LogP contribution in [0.5, 0.6) is 0 Å². The van der Waals surface area contributed by atoms with E-state index in [-0.39, 0.29) is 35.7 Å². The van der Waals surface area contributed by atoms with Crippen molar-refractivity contribution in [2.45, 2.75) is 97.1 Å². The number of carbonyl (C=O) groups is 4. The maximum atomic E-state index is 13.6. The Labute approximate surface area is 334 Å². The van der Waals surface area contributed by atoms with Crippen LogP contribution in [0.4, 0.5) is 9.59 Å². The third kappa shape index (κ3) is 7.99. The quantitative estimate of drug-likeness (QED) is 0.113. The van der Waals surface area contributed by atoms with Crippen molar-refractivity contribution in [3.63, 3.8) is 0 Å². The number of methoxy groups -OCH3 is 2. The largest absolute Gasteiger partial charge is 0.453 e. The number of hydrogen-bond donors (Lipinski definition) is 4. The summed E-state index contributed by atoms with van der Waals surface area (Å²) < 4.78 is 9.55. The normalized spacial score (nSPS) is 18.7. The molecular weight excluding hydrogens is 753 g/mol. The standard InChI is InChI=1S/C40H48N8O6S2/c1-21(2)33(45-39(51)53-5)37(49)47-15-7-9-27(47)35-41-19-25(43-35)23-11-13-29-31(17-23)56-32-18-24(12-14-30(32)55-29)26-20-42-36(44-26)28-10-8-16-48(28)38(50)34(22(3)4)46-40(52)54-6/h11-14,17-22,27-28,33-34H,7-10,15-16H2,1-6H3,(H,41,43)(H,42,44)(H,45,51)(H,46,52)/t27-,28?,33-,34-/m0/s1. The van der Waals surface area contributed by atoms with Gasteiger partial charge in [-0.25, -0.2) is 19.6 Å². The first-order valence-corrected chi connectivity index (χ1v) is 20.6. The highest BCUT2D eigenvalue weighted by Gasteiger charge is 2.39. The Balaban J connectivity index is 1.05. The Morgan fingerprint density at radius 2 is 1.09 bits per heavy atom. The first-order valence-electron chi connectivity index (χ1n) is 19.0. The van der Waals surface area contributed by atoms with Crippen LogP contribution in [-0.2, 0) is 19.1 Å². The molecule has 2 aromatic heterocycles. The fourth-order valence-corrected chi connectivity index (χ4v) is 9.88. The smallest absolute Gasteiger partial charge is 0.407 e. The zero-order chi connectivity index (χ0) is 39.7. The van der Waals surface area contributed by atoms with Crippen molar-refractivity contribution >= 4 is 47.5 Å². The van der Waals surface area contributed by atoms with E-state index >= 15 is 0 Å².